The minimum absolute atomic E-state index is 0.123. The number of carbonyl (C=O) groups excluding carboxylic acids is 1. The van der Waals surface area contributed by atoms with E-state index < -0.39 is 0 Å². The Balaban J connectivity index is 2.10. The van der Waals surface area contributed by atoms with Gasteiger partial charge in [-0.15, -0.1) is 0 Å². The zero-order valence-corrected chi connectivity index (χ0v) is 9.05. The molecule has 4 nitrogen and oxygen atoms in total. The van der Waals surface area contributed by atoms with Crippen LogP contribution >= 0.6 is 0 Å². The lowest BCUT2D eigenvalue weighted by Gasteiger charge is -2.42. The third-order valence-electron chi connectivity index (χ3n) is 3.59. The van der Waals surface area contributed by atoms with Crippen molar-refractivity contribution in [3.8, 4) is 0 Å². The van der Waals surface area contributed by atoms with E-state index in [1.54, 1.807) is 6.92 Å². The van der Waals surface area contributed by atoms with Crippen molar-refractivity contribution in [3.05, 3.63) is 0 Å². The first-order valence-corrected chi connectivity index (χ1v) is 5.32. The van der Waals surface area contributed by atoms with Gasteiger partial charge in [-0.25, -0.2) is 0 Å². The van der Waals surface area contributed by atoms with Crippen molar-refractivity contribution < 1.29 is 4.79 Å². The predicted octanol–water partition coefficient (Wildman–Crippen LogP) is -0.140. The van der Waals surface area contributed by atoms with Crippen molar-refractivity contribution in [2.24, 2.45) is 0 Å². The fourth-order valence-corrected chi connectivity index (χ4v) is 2.59. The van der Waals surface area contributed by atoms with Gasteiger partial charge in [0.2, 0.25) is 5.91 Å². The van der Waals surface area contributed by atoms with Gasteiger partial charge in [0, 0.05) is 26.6 Å². The van der Waals surface area contributed by atoms with Crippen molar-refractivity contribution >= 4 is 5.91 Å². The zero-order valence-electron chi connectivity index (χ0n) is 9.05. The van der Waals surface area contributed by atoms with E-state index in [-0.39, 0.29) is 11.4 Å². The first kappa shape index (κ1) is 9.93. The number of nitrogens with one attached hydrogen (secondary N) is 1. The second-order valence-electron chi connectivity index (χ2n) is 4.56. The van der Waals surface area contributed by atoms with E-state index in [0.29, 0.717) is 0 Å². The Hall–Kier alpha value is -0.610. The van der Waals surface area contributed by atoms with Gasteiger partial charge in [0.25, 0.3) is 0 Å². The van der Waals surface area contributed by atoms with Crippen LogP contribution in [-0.2, 0) is 4.79 Å². The average molecular weight is 197 g/mol. The molecular formula is C10H19N3O. The van der Waals surface area contributed by atoms with Crippen LogP contribution in [0.4, 0.5) is 0 Å². The molecule has 1 N–H and O–H groups in total. The molecule has 2 fully saturated rings. The lowest BCUT2D eigenvalue weighted by atomic mass is 9.87. The van der Waals surface area contributed by atoms with E-state index in [2.05, 4.69) is 17.3 Å². The van der Waals surface area contributed by atoms with Crippen molar-refractivity contribution in [3.63, 3.8) is 0 Å². The van der Waals surface area contributed by atoms with Crippen molar-refractivity contribution in [1.29, 1.82) is 0 Å². The molecule has 0 radical (unpaired) electrons. The summed E-state index contributed by atoms with van der Waals surface area (Å²) in [7, 11) is 2.15. The molecule has 1 amide bonds. The highest BCUT2D eigenvalue weighted by molar-refractivity contribution is 5.74. The monoisotopic (exact) mass is 197 g/mol. The molecule has 0 aliphatic carbocycles. The van der Waals surface area contributed by atoms with E-state index in [0.717, 1.165) is 39.1 Å². The summed E-state index contributed by atoms with van der Waals surface area (Å²) < 4.78 is 0. The number of piperidine rings is 1. The van der Waals surface area contributed by atoms with Crippen LogP contribution in [0.3, 0.4) is 0 Å². The van der Waals surface area contributed by atoms with E-state index in [9.17, 15) is 4.79 Å². The molecule has 2 aliphatic rings. The van der Waals surface area contributed by atoms with E-state index in [4.69, 9.17) is 0 Å². The number of carbonyl (C=O) groups is 1. The topological polar surface area (TPSA) is 35.6 Å². The Morgan fingerprint density at radius 3 is 2.57 bits per heavy atom. The lowest BCUT2D eigenvalue weighted by molar-refractivity contribution is -0.134. The van der Waals surface area contributed by atoms with Crippen LogP contribution < -0.4 is 5.32 Å². The summed E-state index contributed by atoms with van der Waals surface area (Å²) in [5.41, 5.74) is 0.123. The number of rotatable bonds is 0. The first-order chi connectivity index (χ1) is 6.64. The van der Waals surface area contributed by atoms with Gasteiger partial charge in [-0.1, -0.05) is 0 Å². The molecule has 4 heteroatoms. The highest BCUT2D eigenvalue weighted by Crippen LogP contribution is 2.30. The van der Waals surface area contributed by atoms with Gasteiger partial charge < -0.3 is 9.80 Å². The van der Waals surface area contributed by atoms with Crippen LogP contribution in [0.15, 0.2) is 0 Å². The van der Waals surface area contributed by atoms with E-state index >= 15 is 0 Å². The third kappa shape index (κ3) is 1.53. The summed E-state index contributed by atoms with van der Waals surface area (Å²) in [5, 5.41) is 3.32. The van der Waals surface area contributed by atoms with Crippen molar-refractivity contribution in [2.45, 2.75) is 25.3 Å². The maximum absolute atomic E-state index is 11.5. The van der Waals surface area contributed by atoms with Gasteiger partial charge in [-0.3, -0.25) is 10.1 Å². The average Bonchev–Trinajstić information content (AvgIpc) is 2.55. The molecule has 2 aliphatic heterocycles. The SMILES string of the molecule is CC(=O)N1CNCC12CCN(C)CC2. The Kier molecular flexibility index (Phi) is 2.49. The number of hydrogen-bond acceptors (Lipinski definition) is 3. The Morgan fingerprint density at radius 1 is 1.36 bits per heavy atom. The van der Waals surface area contributed by atoms with E-state index in [1.807, 2.05) is 4.90 Å². The summed E-state index contributed by atoms with van der Waals surface area (Å²) in [5.74, 6) is 0.208. The quantitative estimate of drug-likeness (QED) is 0.587. The van der Waals surface area contributed by atoms with Gasteiger partial charge >= 0.3 is 0 Å². The second-order valence-corrected chi connectivity index (χ2v) is 4.56. The summed E-state index contributed by atoms with van der Waals surface area (Å²) in [6, 6.07) is 0. The maximum Gasteiger partial charge on any atom is 0.220 e. The third-order valence-corrected chi connectivity index (χ3v) is 3.59. The van der Waals surface area contributed by atoms with Crippen LogP contribution in [0.2, 0.25) is 0 Å². The summed E-state index contributed by atoms with van der Waals surface area (Å²) >= 11 is 0. The molecule has 2 saturated heterocycles. The van der Waals surface area contributed by atoms with Gasteiger partial charge in [0.15, 0.2) is 0 Å². The second kappa shape index (κ2) is 3.51. The molecule has 80 valence electrons. The fourth-order valence-electron chi connectivity index (χ4n) is 2.59. The number of nitrogens with zero attached hydrogens (tertiary/aromatic N) is 2. The van der Waals surface area contributed by atoms with Crippen LogP contribution in [0.25, 0.3) is 0 Å². The van der Waals surface area contributed by atoms with E-state index in [1.165, 1.54) is 0 Å². The van der Waals surface area contributed by atoms with Gasteiger partial charge in [0.1, 0.15) is 0 Å². The first-order valence-electron chi connectivity index (χ1n) is 5.32. The lowest BCUT2D eigenvalue weighted by Crippen LogP contribution is -2.54. The van der Waals surface area contributed by atoms with Crippen LogP contribution in [0.5, 0.6) is 0 Å². The van der Waals surface area contributed by atoms with Gasteiger partial charge in [0.05, 0.1) is 12.2 Å². The Morgan fingerprint density at radius 2 is 2.00 bits per heavy atom. The maximum atomic E-state index is 11.5. The summed E-state index contributed by atoms with van der Waals surface area (Å²) in [6.07, 6.45) is 2.21. The number of amides is 1. The summed E-state index contributed by atoms with van der Waals surface area (Å²) in [4.78, 5) is 15.8. The van der Waals surface area contributed by atoms with Crippen molar-refractivity contribution in [2.75, 3.05) is 33.4 Å². The van der Waals surface area contributed by atoms with Gasteiger partial charge in [-0.05, 0) is 19.9 Å². The molecule has 14 heavy (non-hydrogen) atoms. The van der Waals surface area contributed by atoms with Crippen LogP contribution in [-0.4, -0.2) is 54.6 Å². The standard InChI is InChI=1S/C10H19N3O/c1-9(14)13-8-11-7-10(13)3-5-12(2)6-4-10/h11H,3-8H2,1-2H3. The molecular weight excluding hydrogens is 178 g/mol. The fraction of sp³-hybridized carbons (Fsp3) is 0.900. The molecule has 2 heterocycles. The molecule has 0 aromatic carbocycles. The molecule has 0 aromatic heterocycles. The zero-order chi connectivity index (χ0) is 10.2. The van der Waals surface area contributed by atoms with Gasteiger partial charge in [-0.2, -0.15) is 0 Å². The Bertz CT molecular complexity index is 234. The molecule has 2 rings (SSSR count). The highest BCUT2D eigenvalue weighted by Gasteiger charge is 2.43. The highest BCUT2D eigenvalue weighted by atomic mass is 16.2. The normalized spacial score (nSPS) is 27.1. The molecule has 0 bridgehead atoms. The number of likely N-dealkylation sites (tertiary alicyclic amines) is 1. The summed E-state index contributed by atoms with van der Waals surface area (Å²) in [6.45, 7) is 5.59. The minimum atomic E-state index is 0.123. The van der Waals surface area contributed by atoms with Crippen LogP contribution in [0, 0.1) is 0 Å². The molecule has 1 spiro atoms. The molecule has 0 atom stereocenters. The molecule has 0 aromatic rings. The Labute approximate surface area is 85.2 Å². The predicted molar refractivity (Wildman–Crippen MR) is 54.9 cm³/mol. The van der Waals surface area contributed by atoms with Crippen molar-refractivity contribution in [1.82, 2.24) is 15.1 Å². The molecule has 0 unspecified atom stereocenters. The minimum Gasteiger partial charge on any atom is -0.323 e. The largest absolute Gasteiger partial charge is 0.323 e. The molecule has 0 saturated carbocycles. The van der Waals surface area contributed by atoms with Crippen LogP contribution in [0.1, 0.15) is 19.8 Å². The smallest absolute Gasteiger partial charge is 0.220 e. The number of hydrogen-bond donors (Lipinski definition) is 1.